The van der Waals surface area contributed by atoms with Gasteiger partial charge in [-0.05, 0) is 56.7 Å². The second-order valence-corrected chi connectivity index (χ2v) is 5.49. The van der Waals surface area contributed by atoms with Crippen molar-refractivity contribution >= 4 is 17.3 Å². The molecule has 0 spiro atoms. The minimum absolute atomic E-state index is 0.778. The SMILES string of the molecule is CCNc1cc(Nc2cccc3c2CCCC3)nc(C)n1. The quantitative estimate of drug-likeness (QED) is 0.894. The highest BCUT2D eigenvalue weighted by Gasteiger charge is 2.13. The molecule has 0 saturated carbocycles. The van der Waals surface area contributed by atoms with Crippen LogP contribution in [0.4, 0.5) is 17.3 Å². The molecule has 3 rings (SSSR count). The van der Waals surface area contributed by atoms with Crippen molar-refractivity contribution in [3.05, 3.63) is 41.2 Å². The van der Waals surface area contributed by atoms with Crippen molar-refractivity contribution in [1.29, 1.82) is 0 Å². The lowest BCUT2D eigenvalue weighted by Crippen LogP contribution is -2.08. The molecule has 0 bridgehead atoms. The molecule has 0 aliphatic heterocycles. The standard InChI is InChI=1S/C17H22N4/c1-3-18-16-11-17(20-12(2)19-16)21-15-10-6-8-13-7-4-5-9-14(13)15/h6,8,10-11H,3-5,7,9H2,1-2H3,(H2,18,19,20,21). The van der Waals surface area contributed by atoms with E-state index in [0.717, 1.165) is 30.4 Å². The number of hydrogen-bond donors (Lipinski definition) is 2. The van der Waals surface area contributed by atoms with Gasteiger partial charge in [-0.2, -0.15) is 0 Å². The second-order valence-electron chi connectivity index (χ2n) is 5.49. The number of aromatic nitrogens is 2. The third-order valence-electron chi connectivity index (χ3n) is 3.85. The molecule has 0 amide bonds. The van der Waals surface area contributed by atoms with Crippen molar-refractivity contribution in [2.75, 3.05) is 17.2 Å². The molecule has 110 valence electrons. The van der Waals surface area contributed by atoms with Crippen LogP contribution in [0.5, 0.6) is 0 Å². The lowest BCUT2D eigenvalue weighted by atomic mass is 9.90. The third kappa shape index (κ3) is 3.15. The van der Waals surface area contributed by atoms with Gasteiger partial charge in [0.15, 0.2) is 0 Å². The van der Waals surface area contributed by atoms with Gasteiger partial charge < -0.3 is 10.6 Å². The van der Waals surface area contributed by atoms with E-state index in [9.17, 15) is 0 Å². The summed E-state index contributed by atoms with van der Waals surface area (Å²) in [5.74, 6) is 2.51. The summed E-state index contributed by atoms with van der Waals surface area (Å²) >= 11 is 0. The monoisotopic (exact) mass is 282 g/mol. The van der Waals surface area contributed by atoms with Gasteiger partial charge in [-0.3, -0.25) is 0 Å². The Morgan fingerprint density at radius 2 is 1.90 bits per heavy atom. The number of rotatable bonds is 4. The number of hydrogen-bond acceptors (Lipinski definition) is 4. The Hall–Kier alpha value is -2.10. The van der Waals surface area contributed by atoms with Gasteiger partial charge in [0.1, 0.15) is 17.5 Å². The van der Waals surface area contributed by atoms with Gasteiger partial charge in [0.25, 0.3) is 0 Å². The average Bonchev–Trinajstić information content (AvgIpc) is 2.47. The number of fused-ring (bicyclic) bond motifs is 1. The van der Waals surface area contributed by atoms with Crippen LogP contribution in [0.15, 0.2) is 24.3 Å². The van der Waals surface area contributed by atoms with Gasteiger partial charge in [-0.15, -0.1) is 0 Å². The fourth-order valence-electron chi connectivity index (χ4n) is 2.94. The number of benzene rings is 1. The van der Waals surface area contributed by atoms with E-state index in [1.807, 2.05) is 13.0 Å². The summed E-state index contributed by atoms with van der Waals surface area (Å²) in [6.07, 6.45) is 4.92. The molecule has 1 aliphatic carbocycles. The lowest BCUT2D eigenvalue weighted by Gasteiger charge is -2.20. The Morgan fingerprint density at radius 1 is 1.10 bits per heavy atom. The topological polar surface area (TPSA) is 49.8 Å². The highest BCUT2D eigenvalue weighted by molar-refractivity contribution is 5.64. The summed E-state index contributed by atoms with van der Waals surface area (Å²) < 4.78 is 0. The van der Waals surface area contributed by atoms with Gasteiger partial charge in [0.05, 0.1) is 0 Å². The van der Waals surface area contributed by atoms with Crippen molar-refractivity contribution < 1.29 is 0 Å². The predicted molar refractivity (Wildman–Crippen MR) is 87.3 cm³/mol. The van der Waals surface area contributed by atoms with Crippen molar-refractivity contribution in [2.45, 2.75) is 39.5 Å². The molecule has 1 heterocycles. The number of nitrogens with zero attached hydrogens (tertiary/aromatic N) is 2. The molecular formula is C17H22N4. The second kappa shape index (κ2) is 6.12. The Bertz CT molecular complexity index is 637. The summed E-state index contributed by atoms with van der Waals surface area (Å²) in [5, 5.41) is 6.73. The number of nitrogens with one attached hydrogen (secondary N) is 2. The fraction of sp³-hybridized carbons (Fsp3) is 0.412. The van der Waals surface area contributed by atoms with Crippen LogP contribution < -0.4 is 10.6 Å². The molecule has 1 aromatic heterocycles. The summed E-state index contributed by atoms with van der Waals surface area (Å²) in [4.78, 5) is 8.89. The first kappa shape index (κ1) is 13.9. The first-order chi connectivity index (χ1) is 10.3. The molecular weight excluding hydrogens is 260 g/mol. The maximum atomic E-state index is 4.50. The maximum Gasteiger partial charge on any atom is 0.136 e. The van der Waals surface area contributed by atoms with E-state index in [2.05, 4.69) is 45.7 Å². The first-order valence-corrected chi connectivity index (χ1v) is 7.73. The molecule has 4 heteroatoms. The van der Waals surface area contributed by atoms with Crippen LogP contribution in [0.2, 0.25) is 0 Å². The summed E-state index contributed by atoms with van der Waals surface area (Å²) in [5.41, 5.74) is 4.11. The molecule has 1 aromatic carbocycles. The largest absolute Gasteiger partial charge is 0.370 e. The molecule has 0 radical (unpaired) electrons. The first-order valence-electron chi connectivity index (χ1n) is 7.73. The predicted octanol–water partition coefficient (Wildman–Crippen LogP) is 3.84. The van der Waals surface area contributed by atoms with Crippen LogP contribution in [0.3, 0.4) is 0 Å². The minimum atomic E-state index is 0.778. The van der Waals surface area contributed by atoms with Crippen molar-refractivity contribution in [3.63, 3.8) is 0 Å². The molecule has 4 nitrogen and oxygen atoms in total. The van der Waals surface area contributed by atoms with Gasteiger partial charge >= 0.3 is 0 Å². The molecule has 0 fully saturated rings. The van der Waals surface area contributed by atoms with E-state index in [4.69, 9.17) is 0 Å². The van der Waals surface area contributed by atoms with Crippen molar-refractivity contribution in [3.8, 4) is 0 Å². The summed E-state index contributed by atoms with van der Waals surface area (Å²) in [6, 6.07) is 8.49. The van der Waals surface area contributed by atoms with E-state index in [0.29, 0.717) is 0 Å². The lowest BCUT2D eigenvalue weighted by molar-refractivity contribution is 0.687. The Morgan fingerprint density at radius 3 is 2.76 bits per heavy atom. The van der Waals surface area contributed by atoms with Gasteiger partial charge in [0, 0.05) is 18.3 Å². The number of anilines is 3. The molecule has 1 aliphatic rings. The summed E-state index contributed by atoms with van der Waals surface area (Å²) in [6.45, 7) is 4.85. The molecule has 0 unspecified atom stereocenters. The Balaban J connectivity index is 1.90. The molecule has 0 atom stereocenters. The zero-order chi connectivity index (χ0) is 14.7. The zero-order valence-electron chi connectivity index (χ0n) is 12.7. The van der Waals surface area contributed by atoms with Crippen LogP contribution >= 0.6 is 0 Å². The highest BCUT2D eigenvalue weighted by Crippen LogP contribution is 2.29. The molecule has 2 N–H and O–H groups in total. The molecule has 0 saturated heterocycles. The number of aryl methyl sites for hydroxylation is 2. The Labute approximate surface area is 126 Å². The molecule has 2 aromatic rings. The van der Waals surface area contributed by atoms with Gasteiger partial charge in [-0.25, -0.2) is 9.97 Å². The van der Waals surface area contributed by atoms with Gasteiger partial charge in [-0.1, -0.05) is 12.1 Å². The maximum absolute atomic E-state index is 4.50. The van der Waals surface area contributed by atoms with Gasteiger partial charge in [0.2, 0.25) is 0 Å². The van der Waals surface area contributed by atoms with Crippen LogP contribution in [-0.2, 0) is 12.8 Å². The fourth-order valence-corrected chi connectivity index (χ4v) is 2.94. The normalized spacial score (nSPS) is 13.6. The van der Waals surface area contributed by atoms with Crippen LogP contribution in [0.1, 0.15) is 36.7 Å². The molecule has 21 heavy (non-hydrogen) atoms. The van der Waals surface area contributed by atoms with Crippen LogP contribution in [0.25, 0.3) is 0 Å². The van der Waals surface area contributed by atoms with Crippen molar-refractivity contribution in [1.82, 2.24) is 9.97 Å². The van der Waals surface area contributed by atoms with Crippen LogP contribution in [-0.4, -0.2) is 16.5 Å². The van der Waals surface area contributed by atoms with Crippen molar-refractivity contribution in [2.24, 2.45) is 0 Å². The highest BCUT2D eigenvalue weighted by atomic mass is 15.1. The third-order valence-corrected chi connectivity index (χ3v) is 3.85. The zero-order valence-corrected chi connectivity index (χ0v) is 12.7. The van der Waals surface area contributed by atoms with E-state index in [-0.39, 0.29) is 0 Å². The smallest absolute Gasteiger partial charge is 0.136 e. The van der Waals surface area contributed by atoms with Crippen LogP contribution in [0, 0.1) is 6.92 Å². The van der Waals surface area contributed by atoms with E-state index >= 15 is 0 Å². The van der Waals surface area contributed by atoms with E-state index in [1.165, 1.54) is 36.1 Å². The van der Waals surface area contributed by atoms with E-state index in [1.54, 1.807) is 0 Å². The summed E-state index contributed by atoms with van der Waals surface area (Å²) in [7, 11) is 0. The van der Waals surface area contributed by atoms with E-state index < -0.39 is 0 Å². The Kier molecular flexibility index (Phi) is 4.04. The average molecular weight is 282 g/mol. The minimum Gasteiger partial charge on any atom is -0.370 e.